The van der Waals surface area contributed by atoms with E-state index in [9.17, 15) is 0 Å². The molecule has 18 heavy (non-hydrogen) atoms. The predicted molar refractivity (Wildman–Crippen MR) is 83.9 cm³/mol. The summed E-state index contributed by atoms with van der Waals surface area (Å²) >= 11 is 0. The zero-order valence-electron chi connectivity index (χ0n) is 11.0. The summed E-state index contributed by atoms with van der Waals surface area (Å²) in [5, 5.41) is 0. The van der Waals surface area contributed by atoms with Gasteiger partial charge in [0.1, 0.15) is 0 Å². The van der Waals surface area contributed by atoms with Crippen LogP contribution in [0.5, 0.6) is 0 Å². The lowest BCUT2D eigenvalue weighted by Crippen LogP contribution is -2.36. The van der Waals surface area contributed by atoms with Crippen LogP contribution in [0, 0.1) is 0 Å². The average molecular weight is 291 g/mol. The molecule has 0 radical (unpaired) electrons. The van der Waals surface area contributed by atoms with Gasteiger partial charge in [0.2, 0.25) is 0 Å². The SMILES string of the molecule is CN1CCCCC1CCc1ccccc1N.Cl.Cl. The van der Waals surface area contributed by atoms with E-state index in [1.807, 2.05) is 12.1 Å². The fraction of sp³-hybridized carbons (Fsp3) is 0.571. The maximum atomic E-state index is 5.96. The molecule has 2 N–H and O–H groups in total. The number of rotatable bonds is 3. The highest BCUT2D eigenvalue weighted by Gasteiger charge is 2.18. The summed E-state index contributed by atoms with van der Waals surface area (Å²) in [6.07, 6.45) is 6.45. The molecule has 0 amide bonds. The van der Waals surface area contributed by atoms with E-state index in [-0.39, 0.29) is 24.8 Å². The van der Waals surface area contributed by atoms with Gasteiger partial charge in [-0.15, -0.1) is 24.8 Å². The van der Waals surface area contributed by atoms with Crippen molar-refractivity contribution >= 4 is 30.5 Å². The van der Waals surface area contributed by atoms with Gasteiger partial charge >= 0.3 is 0 Å². The van der Waals surface area contributed by atoms with Crippen molar-refractivity contribution in [3.05, 3.63) is 29.8 Å². The van der Waals surface area contributed by atoms with Gasteiger partial charge in [-0.25, -0.2) is 0 Å². The molecule has 0 aliphatic carbocycles. The first-order valence-electron chi connectivity index (χ1n) is 6.31. The normalized spacial score (nSPS) is 19.7. The Hall–Kier alpha value is -0.440. The first kappa shape index (κ1) is 17.6. The van der Waals surface area contributed by atoms with E-state index < -0.39 is 0 Å². The van der Waals surface area contributed by atoms with Crippen LogP contribution in [0.4, 0.5) is 5.69 Å². The van der Waals surface area contributed by atoms with Crippen LogP contribution in [0.25, 0.3) is 0 Å². The standard InChI is InChI=1S/C14H22N2.2ClH/c1-16-11-5-4-7-13(16)10-9-12-6-2-3-8-14(12)15;;/h2-3,6,8,13H,4-5,7,9-11,15H2,1H3;2*1H. The highest BCUT2D eigenvalue weighted by molar-refractivity contribution is 5.85. The maximum Gasteiger partial charge on any atom is 0.0346 e. The Morgan fingerprint density at radius 2 is 1.94 bits per heavy atom. The van der Waals surface area contributed by atoms with Gasteiger partial charge < -0.3 is 10.6 Å². The molecule has 0 saturated carbocycles. The van der Waals surface area contributed by atoms with Crippen molar-refractivity contribution in [1.82, 2.24) is 4.90 Å². The molecule has 1 fully saturated rings. The lowest BCUT2D eigenvalue weighted by Gasteiger charge is -2.32. The van der Waals surface area contributed by atoms with Crippen LogP contribution in [-0.2, 0) is 6.42 Å². The monoisotopic (exact) mass is 290 g/mol. The zero-order valence-corrected chi connectivity index (χ0v) is 12.6. The molecule has 4 heteroatoms. The Morgan fingerprint density at radius 3 is 2.61 bits per heavy atom. The van der Waals surface area contributed by atoms with Crippen molar-refractivity contribution in [2.45, 2.75) is 38.1 Å². The minimum absolute atomic E-state index is 0. The van der Waals surface area contributed by atoms with Crippen LogP contribution in [-0.4, -0.2) is 24.5 Å². The van der Waals surface area contributed by atoms with Crippen LogP contribution < -0.4 is 5.73 Å². The summed E-state index contributed by atoms with van der Waals surface area (Å²) in [6.45, 7) is 1.26. The summed E-state index contributed by atoms with van der Waals surface area (Å²) in [4.78, 5) is 2.50. The number of benzene rings is 1. The molecular formula is C14H24Cl2N2. The van der Waals surface area contributed by atoms with Gasteiger partial charge in [0, 0.05) is 11.7 Å². The number of piperidine rings is 1. The van der Waals surface area contributed by atoms with Crippen molar-refractivity contribution in [2.24, 2.45) is 0 Å². The maximum absolute atomic E-state index is 5.96. The van der Waals surface area contributed by atoms with E-state index in [4.69, 9.17) is 5.73 Å². The minimum atomic E-state index is 0. The van der Waals surface area contributed by atoms with Gasteiger partial charge in [0.05, 0.1) is 0 Å². The molecule has 2 rings (SSSR count). The number of likely N-dealkylation sites (tertiary alicyclic amines) is 1. The number of para-hydroxylation sites is 1. The van der Waals surface area contributed by atoms with Crippen LogP contribution in [0.15, 0.2) is 24.3 Å². The second-order valence-electron chi connectivity index (χ2n) is 4.87. The van der Waals surface area contributed by atoms with Crippen LogP contribution in [0.2, 0.25) is 0 Å². The van der Waals surface area contributed by atoms with Gasteiger partial charge in [-0.05, 0) is 50.9 Å². The molecule has 104 valence electrons. The first-order chi connectivity index (χ1) is 7.77. The van der Waals surface area contributed by atoms with Crippen molar-refractivity contribution in [3.8, 4) is 0 Å². The largest absolute Gasteiger partial charge is 0.399 e. The molecule has 0 bridgehead atoms. The second-order valence-corrected chi connectivity index (χ2v) is 4.87. The quantitative estimate of drug-likeness (QED) is 0.863. The smallest absolute Gasteiger partial charge is 0.0346 e. The van der Waals surface area contributed by atoms with E-state index in [0.29, 0.717) is 0 Å². The highest BCUT2D eigenvalue weighted by atomic mass is 35.5. The summed E-state index contributed by atoms with van der Waals surface area (Å²) in [5.41, 5.74) is 8.21. The van der Waals surface area contributed by atoms with Crippen molar-refractivity contribution < 1.29 is 0 Å². The van der Waals surface area contributed by atoms with E-state index in [0.717, 1.165) is 18.2 Å². The van der Waals surface area contributed by atoms with Crippen molar-refractivity contribution in [2.75, 3.05) is 19.3 Å². The molecular weight excluding hydrogens is 267 g/mol. The molecule has 1 aromatic carbocycles. The Labute approximate surface area is 123 Å². The van der Waals surface area contributed by atoms with Crippen LogP contribution in [0.1, 0.15) is 31.2 Å². The molecule has 2 nitrogen and oxygen atoms in total. The molecule has 1 heterocycles. The number of hydrogen-bond acceptors (Lipinski definition) is 2. The summed E-state index contributed by atoms with van der Waals surface area (Å²) in [7, 11) is 2.25. The summed E-state index contributed by atoms with van der Waals surface area (Å²) in [5.74, 6) is 0. The van der Waals surface area contributed by atoms with Crippen LogP contribution >= 0.6 is 24.8 Å². The Kier molecular flexibility index (Phi) is 8.41. The number of nitrogens with two attached hydrogens (primary N) is 1. The topological polar surface area (TPSA) is 29.3 Å². The van der Waals surface area contributed by atoms with Gasteiger partial charge in [0.15, 0.2) is 0 Å². The van der Waals surface area contributed by atoms with Gasteiger partial charge in [0.25, 0.3) is 0 Å². The van der Waals surface area contributed by atoms with Gasteiger partial charge in [-0.3, -0.25) is 0 Å². The summed E-state index contributed by atoms with van der Waals surface area (Å²) in [6, 6.07) is 8.99. The average Bonchev–Trinajstić information content (AvgIpc) is 2.30. The number of hydrogen-bond donors (Lipinski definition) is 1. The fourth-order valence-electron chi connectivity index (χ4n) is 2.59. The van der Waals surface area contributed by atoms with Gasteiger partial charge in [-0.1, -0.05) is 24.6 Å². The second kappa shape index (κ2) is 8.63. The Bertz CT molecular complexity index is 344. The Balaban J connectivity index is 0.00000144. The lowest BCUT2D eigenvalue weighted by molar-refractivity contribution is 0.176. The number of nitrogen functional groups attached to an aromatic ring is 1. The zero-order chi connectivity index (χ0) is 11.4. The number of halogens is 2. The Morgan fingerprint density at radius 1 is 1.22 bits per heavy atom. The third-order valence-electron chi connectivity index (χ3n) is 3.72. The number of anilines is 1. The molecule has 1 atom stereocenters. The number of nitrogens with zero attached hydrogens (tertiary/aromatic N) is 1. The number of aryl methyl sites for hydroxylation is 1. The van der Waals surface area contributed by atoms with Gasteiger partial charge in [-0.2, -0.15) is 0 Å². The third kappa shape index (κ3) is 4.68. The molecule has 1 aromatic rings. The molecule has 1 saturated heterocycles. The van der Waals surface area contributed by atoms with Crippen LogP contribution in [0.3, 0.4) is 0 Å². The molecule has 1 aliphatic heterocycles. The fourth-order valence-corrected chi connectivity index (χ4v) is 2.59. The lowest BCUT2D eigenvalue weighted by atomic mass is 9.96. The third-order valence-corrected chi connectivity index (χ3v) is 3.72. The molecule has 1 unspecified atom stereocenters. The van der Waals surface area contributed by atoms with Crippen molar-refractivity contribution in [3.63, 3.8) is 0 Å². The van der Waals surface area contributed by atoms with E-state index >= 15 is 0 Å². The van der Waals surface area contributed by atoms with E-state index in [1.165, 1.54) is 37.8 Å². The molecule has 0 spiro atoms. The predicted octanol–water partition coefficient (Wildman–Crippen LogP) is 3.53. The first-order valence-corrected chi connectivity index (χ1v) is 6.31. The van der Waals surface area contributed by atoms with E-state index in [2.05, 4.69) is 24.1 Å². The minimum Gasteiger partial charge on any atom is -0.399 e. The highest BCUT2D eigenvalue weighted by Crippen LogP contribution is 2.21. The van der Waals surface area contributed by atoms with Crippen molar-refractivity contribution in [1.29, 1.82) is 0 Å². The molecule has 0 aromatic heterocycles. The molecule has 1 aliphatic rings. The summed E-state index contributed by atoms with van der Waals surface area (Å²) < 4.78 is 0. The van der Waals surface area contributed by atoms with E-state index in [1.54, 1.807) is 0 Å².